The van der Waals surface area contributed by atoms with Crippen LogP contribution in [0.25, 0.3) is 0 Å². The summed E-state index contributed by atoms with van der Waals surface area (Å²) in [5, 5.41) is 0.745. The van der Waals surface area contributed by atoms with Crippen LogP contribution in [-0.2, 0) is 27.2 Å². The first-order valence-electron chi connectivity index (χ1n) is 16.8. The van der Waals surface area contributed by atoms with Gasteiger partial charge in [0.1, 0.15) is 23.1 Å². The zero-order valence-electron chi connectivity index (χ0n) is 28.3. The van der Waals surface area contributed by atoms with E-state index < -0.39 is 18.1 Å². The molecule has 2 aromatic heterocycles. The summed E-state index contributed by atoms with van der Waals surface area (Å²) in [7, 11) is 3.11. The highest BCUT2D eigenvalue weighted by Gasteiger charge is 2.39. The SMILES string of the molecule is CCN(Cc1ccc(C(=O)O[C@@H](Cc2c(Cl)cncc2Cl)c2ccc(OC)c(OC)c2)s1)C(C(=O)O[C@H]1CN2CCC1CC2)c1ccccc1. The molecule has 7 rings (SSSR count). The van der Waals surface area contributed by atoms with Gasteiger partial charge in [-0.25, -0.2) is 9.59 Å². The molecular weight excluding hydrogens is 697 g/mol. The molecule has 1 unspecified atom stereocenters. The summed E-state index contributed by atoms with van der Waals surface area (Å²) in [6, 6.07) is 18.2. The highest BCUT2D eigenvalue weighted by atomic mass is 35.5. The molecule has 3 saturated heterocycles. The molecule has 264 valence electrons. The first kappa shape index (κ1) is 36.1. The predicted molar refractivity (Wildman–Crippen MR) is 194 cm³/mol. The van der Waals surface area contributed by atoms with Crippen LogP contribution in [0.5, 0.6) is 11.5 Å². The molecule has 2 bridgehead atoms. The lowest BCUT2D eigenvalue weighted by Gasteiger charge is -2.44. The van der Waals surface area contributed by atoms with E-state index in [1.165, 1.54) is 23.7 Å². The van der Waals surface area contributed by atoms with E-state index in [0.717, 1.165) is 42.9 Å². The number of aromatic nitrogens is 1. The quantitative estimate of drug-likeness (QED) is 0.120. The number of carbonyl (C=O) groups excluding carboxylic acids is 2. The van der Waals surface area contributed by atoms with Gasteiger partial charge in [-0.05, 0) is 79.3 Å². The van der Waals surface area contributed by atoms with Crippen molar-refractivity contribution in [3.05, 3.63) is 110 Å². The van der Waals surface area contributed by atoms with Gasteiger partial charge in [0.25, 0.3) is 0 Å². The van der Waals surface area contributed by atoms with Crippen molar-refractivity contribution >= 4 is 46.5 Å². The summed E-state index contributed by atoms with van der Waals surface area (Å²) < 4.78 is 23.4. The fraction of sp³-hybridized carbons (Fsp3) is 0.395. The molecule has 2 aromatic carbocycles. The van der Waals surface area contributed by atoms with Crippen LogP contribution in [0.2, 0.25) is 10.0 Å². The first-order chi connectivity index (χ1) is 24.3. The van der Waals surface area contributed by atoms with Gasteiger partial charge >= 0.3 is 11.9 Å². The topological polar surface area (TPSA) is 90.4 Å². The van der Waals surface area contributed by atoms with Crippen LogP contribution >= 0.6 is 34.5 Å². The lowest BCUT2D eigenvalue weighted by molar-refractivity contribution is -0.165. The molecule has 12 heteroatoms. The van der Waals surface area contributed by atoms with E-state index in [1.54, 1.807) is 32.4 Å². The predicted octanol–water partition coefficient (Wildman–Crippen LogP) is 7.81. The molecule has 4 aromatic rings. The number of carbonyl (C=O) groups is 2. The minimum absolute atomic E-state index is 0.0893. The fourth-order valence-corrected chi connectivity index (χ4v) is 8.27. The number of pyridine rings is 1. The summed E-state index contributed by atoms with van der Waals surface area (Å²) in [5.41, 5.74) is 2.17. The number of rotatable bonds is 14. The smallest absolute Gasteiger partial charge is 0.348 e. The van der Waals surface area contributed by atoms with Crippen LogP contribution in [0.3, 0.4) is 0 Å². The molecular formula is C38H41Cl2N3O6S. The maximum Gasteiger partial charge on any atom is 0.348 e. The standard InChI is InChI=1S/C38H41Cl2N3O6S/c1-4-43(36(25-8-6-5-7-9-25)38(45)49-34-23-42-16-14-24(34)15-17-42)22-27-11-13-35(50-27)37(44)48-32(19-28-29(39)20-41-21-30(28)40)26-10-12-31(46-2)33(18-26)47-3/h5-13,18,20-21,24,32,34,36H,4,14-17,19,22-23H2,1-3H3/t32-,34-,36?/m0/s1. The second-order valence-electron chi connectivity index (χ2n) is 12.5. The Kier molecular flexibility index (Phi) is 12.0. The van der Waals surface area contributed by atoms with Crippen molar-refractivity contribution in [1.29, 1.82) is 0 Å². The average Bonchev–Trinajstić information content (AvgIpc) is 3.62. The average molecular weight is 739 g/mol. The minimum Gasteiger partial charge on any atom is -0.493 e. The first-order valence-corrected chi connectivity index (χ1v) is 18.4. The van der Waals surface area contributed by atoms with Crippen molar-refractivity contribution in [2.75, 3.05) is 40.4 Å². The number of thiophene rings is 1. The maximum atomic E-state index is 13.9. The van der Waals surface area contributed by atoms with Crippen molar-refractivity contribution < 1.29 is 28.5 Å². The van der Waals surface area contributed by atoms with E-state index in [-0.39, 0.29) is 18.5 Å². The van der Waals surface area contributed by atoms with Gasteiger partial charge in [-0.3, -0.25) is 14.8 Å². The number of likely N-dealkylation sites (N-methyl/N-ethyl adjacent to an activating group) is 1. The van der Waals surface area contributed by atoms with Crippen molar-refractivity contribution in [2.24, 2.45) is 5.92 Å². The molecule has 0 radical (unpaired) electrons. The number of ether oxygens (including phenoxy) is 4. The third kappa shape index (κ3) is 8.27. The Hall–Kier alpha value is -3.67. The van der Waals surface area contributed by atoms with Crippen LogP contribution in [0.15, 0.2) is 73.1 Å². The molecule has 3 atom stereocenters. The normalized spacial score (nSPS) is 19.5. The van der Waals surface area contributed by atoms with E-state index in [0.29, 0.717) is 56.6 Å². The van der Waals surface area contributed by atoms with Crippen LogP contribution in [0.4, 0.5) is 0 Å². The Morgan fingerprint density at radius 3 is 2.32 bits per heavy atom. The number of fused-ring (bicyclic) bond motifs is 3. The third-order valence-corrected chi connectivity index (χ3v) is 11.3. The summed E-state index contributed by atoms with van der Waals surface area (Å²) in [5.74, 6) is 0.725. The van der Waals surface area contributed by atoms with Crippen LogP contribution in [-0.4, -0.2) is 73.2 Å². The van der Waals surface area contributed by atoms with Crippen LogP contribution < -0.4 is 9.47 Å². The number of hydrogen-bond acceptors (Lipinski definition) is 10. The highest BCUT2D eigenvalue weighted by molar-refractivity contribution is 7.13. The Labute approximate surface area is 307 Å². The Bertz CT molecular complexity index is 1760. The molecule has 5 heterocycles. The molecule has 3 aliphatic rings. The van der Waals surface area contributed by atoms with Crippen molar-refractivity contribution in [1.82, 2.24) is 14.8 Å². The molecule has 0 spiro atoms. The maximum absolute atomic E-state index is 13.9. The van der Waals surface area contributed by atoms with Gasteiger partial charge in [0.05, 0.1) is 24.3 Å². The number of piperidine rings is 3. The minimum atomic E-state index is -0.749. The lowest BCUT2D eigenvalue weighted by atomic mass is 9.86. The van der Waals surface area contributed by atoms with E-state index in [4.69, 9.17) is 42.1 Å². The molecule has 0 saturated carbocycles. The van der Waals surface area contributed by atoms with Gasteiger partial charge in [-0.2, -0.15) is 0 Å². The second kappa shape index (κ2) is 16.6. The molecule has 0 aliphatic carbocycles. The number of esters is 2. The largest absolute Gasteiger partial charge is 0.493 e. The molecule has 3 aliphatic heterocycles. The van der Waals surface area contributed by atoms with Crippen molar-refractivity contribution in [3.8, 4) is 11.5 Å². The van der Waals surface area contributed by atoms with Gasteiger partial charge in [-0.15, -0.1) is 11.3 Å². The monoisotopic (exact) mass is 737 g/mol. The molecule has 3 fully saturated rings. The van der Waals surface area contributed by atoms with Crippen LogP contribution in [0.1, 0.15) is 63.2 Å². The van der Waals surface area contributed by atoms with E-state index in [1.807, 2.05) is 49.4 Å². The van der Waals surface area contributed by atoms with Crippen molar-refractivity contribution in [2.45, 2.75) is 51.0 Å². The number of hydrogen-bond donors (Lipinski definition) is 0. The number of benzene rings is 2. The summed E-state index contributed by atoms with van der Waals surface area (Å²) in [4.78, 5) is 37.6. The zero-order valence-corrected chi connectivity index (χ0v) is 30.7. The van der Waals surface area contributed by atoms with Gasteiger partial charge in [0.15, 0.2) is 11.5 Å². The second-order valence-corrected chi connectivity index (χ2v) is 14.5. The van der Waals surface area contributed by atoms with Gasteiger partial charge < -0.3 is 18.9 Å². The van der Waals surface area contributed by atoms with E-state index in [9.17, 15) is 9.59 Å². The van der Waals surface area contributed by atoms with Crippen molar-refractivity contribution in [3.63, 3.8) is 0 Å². The molecule has 0 N–H and O–H groups in total. The van der Waals surface area contributed by atoms with E-state index >= 15 is 0 Å². The summed E-state index contributed by atoms with van der Waals surface area (Å²) in [6.45, 7) is 6.02. The summed E-state index contributed by atoms with van der Waals surface area (Å²) in [6.07, 6.45) is 4.52. The highest BCUT2D eigenvalue weighted by Crippen LogP contribution is 2.37. The Morgan fingerprint density at radius 2 is 1.68 bits per heavy atom. The van der Waals surface area contributed by atoms with Gasteiger partial charge in [0.2, 0.25) is 0 Å². The number of methoxy groups -OCH3 is 2. The fourth-order valence-electron chi connectivity index (χ4n) is 6.83. The van der Waals surface area contributed by atoms with Crippen LogP contribution in [0, 0.1) is 5.92 Å². The third-order valence-electron chi connectivity index (χ3n) is 9.57. The van der Waals surface area contributed by atoms with Gasteiger partial charge in [-0.1, -0.05) is 66.5 Å². The number of halogens is 2. The van der Waals surface area contributed by atoms with Gasteiger partial charge in [0, 0.05) is 36.8 Å². The Balaban J connectivity index is 1.21. The molecule has 50 heavy (non-hydrogen) atoms. The van der Waals surface area contributed by atoms with E-state index in [2.05, 4.69) is 14.8 Å². The summed E-state index contributed by atoms with van der Waals surface area (Å²) >= 11 is 14.3. The number of nitrogens with zero attached hydrogens (tertiary/aromatic N) is 3. The molecule has 9 nitrogen and oxygen atoms in total. The zero-order chi connectivity index (χ0) is 35.2. The molecule has 0 amide bonds. The lowest BCUT2D eigenvalue weighted by Crippen LogP contribution is -2.52. The Morgan fingerprint density at radius 1 is 0.960 bits per heavy atom.